The average Bonchev–Trinajstić information content (AvgIpc) is 2.41. The van der Waals surface area contributed by atoms with Gasteiger partial charge in [-0.25, -0.2) is 4.98 Å². The Morgan fingerprint density at radius 3 is 2.50 bits per heavy atom. The predicted octanol–water partition coefficient (Wildman–Crippen LogP) is 1.06. The number of rotatable bonds is 4. The van der Waals surface area contributed by atoms with Gasteiger partial charge in [0.1, 0.15) is 5.69 Å². The molecule has 20 heavy (non-hydrogen) atoms. The van der Waals surface area contributed by atoms with Crippen LogP contribution in [0.3, 0.4) is 0 Å². The molecule has 2 rings (SSSR count). The zero-order valence-corrected chi connectivity index (χ0v) is 10.7. The summed E-state index contributed by atoms with van der Waals surface area (Å²) in [5.74, 6) is -1.35. The van der Waals surface area contributed by atoms with Gasteiger partial charge in [-0.3, -0.25) is 19.6 Å². The Kier molecular flexibility index (Phi) is 3.99. The van der Waals surface area contributed by atoms with Gasteiger partial charge in [-0.2, -0.15) is 0 Å². The summed E-state index contributed by atoms with van der Waals surface area (Å²) in [6.07, 6.45) is 4.13. The highest BCUT2D eigenvalue weighted by Crippen LogP contribution is 2.08. The first-order valence-electron chi connectivity index (χ1n) is 5.81. The van der Waals surface area contributed by atoms with Gasteiger partial charge in [-0.05, 0) is 19.1 Å². The lowest BCUT2D eigenvalue weighted by Gasteiger charge is -2.04. The van der Waals surface area contributed by atoms with Crippen LogP contribution in [0.25, 0.3) is 0 Å². The second-order valence-electron chi connectivity index (χ2n) is 4.11. The third-order valence-electron chi connectivity index (χ3n) is 2.43. The zero-order valence-electron chi connectivity index (χ0n) is 10.7. The normalized spacial score (nSPS) is 10.1. The number of pyridine rings is 1. The van der Waals surface area contributed by atoms with Crippen molar-refractivity contribution in [3.8, 4) is 0 Å². The summed E-state index contributed by atoms with van der Waals surface area (Å²) in [7, 11) is 0. The van der Waals surface area contributed by atoms with Gasteiger partial charge in [0.2, 0.25) is 0 Å². The molecule has 0 aliphatic carbocycles. The maximum Gasteiger partial charge on any atom is 0.309 e. The molecule has 2 heterocycles. The second-order valence-corrected chi connectivity index (χ2v) is 4.11. The molecule has 102 valence electrons. The number of aryl methyl sites for hydroxylation is 1. The topological polar surface area (TPSA) is 105 Å². The minimum atomic E-state index is -0.954. The van der Waals surface area contributed by atoms with E-state index in [9.17, 15) is 9.59 Å². The fourth-order valence-electron chi connectivity index (χ4n) is 1.46. The highest BCUT2D eigenvalue weighted by atomic mass is 16.4. The first kappa shape index (κ1) is 13.6. The molecule has 0 aliphatic heterocycles. The molecule has 0 aliphatic rings. The number of aromatic nitrogens is 3. The Morgan fingerprint density at radius 2 is 1.95 bits per heavy atom. The number of anilines is 1. The molecule has 2 N–H and O–H groups in total. The highest BCUT2D eigenvalue weighted by molar-refractivity contribution is 6.02. The molecule has 0 bridgehead atoms. The van der Waals surface area contributed by atoms with E-state index in [4.69, 9.17) is 5.11 Å². The number of carbonyl (C=O) groups excluding carboxylic acids is 1. The molecule has 2 aromatic rings. The van der Waals surface area contributed by atoms with Crippen LogP contribution >= 0.6 is 0 Å². The van der Waals surface area contributed by atoms with Crippen molar-refractivity contribution >= 4 is 17.6 Å². The zero-order chi connectivity index (χ0) is 14.5. The summed E-state index contributed by atoms with van der Waals surface area (Å²) in [5, 5.41) is 11.2. The Balaban J connectivity index is 2.04. The molecule has 0 spiro atoms. The second kappa shape index (κ2) is 5.87. The fourth-order valence-corrected chi connectivity index (χ4v) is 1.46. The number of hydrogen-bond acceptors (Lipinski definition) is 5. The van der Waals surface area contributed by atoms with Gasteiger partial charge in [0.05, 0.1) is 35.9 Å². The molecule has 0 saturated heterocycles. The number of carbonyl (C=O) groups is 2. The van der Waals surface area contributed by atoms with E-state index in [0.717, 1.165) is 5.69 Å². The van der Waals surface area contributed by atoms with Crippen LogP contribution in [0, 0.1) is 6.92 Å². The third-order valence-corrected chi connectivity index (χ3v) is 2.43. The molecule has 7 nitrogen and oxygen atoms in total. The first-order chi connectivity index (χ1) is 9.54. The average molecular weight is 272 g/mol. The number of carboxylic acids is 1. The SMILES string of the molecule is Cc1cnc(C(=O)Nc2ccc(CC(=O)O)nc2)cn1. The lowest BCUT2D eigenvalue weighted by molar-refractivity contribution is -0.136. The number of carboxylic acid groups (broad SMARTS) is 1. The minimum Gasteiger partial charge on any atom is -0.481 e. The summed E-state index contributed by atoms with van der Waals surface area (Å²) < 4.78 is 0. The van der Waals surface area contributed by atoms with Gasteiger partial charge in [-0.15, -0.1) is 0 Å². The van der Waals surface area contributed by atoms with Crippen LogP contribution in [-0.2, 0) is 11.2 Å². The number of nitrogens with zero attached hydrogens (tertiary/aromatic N) is 3. The summed E-state index contributed by atoms with van der Waals surface area (Å²) in [4.78, 5) is 34.3. The molecular formula is C13H12N4O3. The molecular weight excluding hydrogens is 260 g/mol. The van der Waals surface area contributed by atoms with Crippen LogP contribution < -0.4 is 5.32 Å². The van der Waals surface area contributed by atoms with E-state index < -0.39 is 11.9 Å². The van der Waals surface area contributed by atoms with Gasteiger partial charge >= 0.3 is 5.97 Å². The molecule has 0 radical (unpaired) electrons. The van der Waals surface area contributed by atoms with Crippen molar-refractivity contribution in [2.75, 3.05) is 5.32 Å². The molecule has 0 aromatic carbocycles. The number of nitrogens with one attached hydrogen (secondary N) is 1. The quantitative estimate of drug-likeness (QED) is 0.862. The molecule has 0 fully saturated rings. The number of aliphatic carboxylic acids is 1. The maximum absolute atomic E-state index is 11.9. The summed E-state index contributed by atoms with van der Waals surface area (Å²) in [6.45, 7) is 1.78. The summed E-state index contributed by atoms with van der Waals surface area (Å²) >= 11 is 0. The van der Waals surface area contributed by atoms with Crippen LogP contribution in [0.4, 0.5) is 5.69 Å². The van der Waals surface area contributed by atoms with Crippen LogP contribution in [-0.4, -0.2) is 31.9 Å². The van der Waals surface area contributed by atoms with Crippen molar-refractivity contribution in [2.45, 2.75) is 13.3 Å². The Morgan fingerprint density at radius 1 is 1.15 bits per heavy atom. The Bertz CT molecular complexity index is 623. The van der Waals surface area contributed by atoms with Gasteiger partial charge in [0.25, 0.3) is 5.91 Å². The smallest absolute Gasteiger partial charge is 0.309 e. The van der Waals surface area contributed by atoms with Crippen molar-refractivity contribution in [3.63, 3.8) is 0 Å². The molecule has 0 atom stereocenters. The lowest BCUT2D eigenvalue weighted by atomic mass is 10.2. The van der Waals surface area contributed by atoms with E-state index in [1.807, 2.05) is 0 Å². The minimum absolute atomic E-state index is 0.155. The highest BCUT2D eigenvalue weighted by Gasteiger charge is 2.08. The molecule has 7 heteroatoms. The van der Waals surface area contributed by atoms with E-state index in [0.29, 0.717) is 11.4 Å². The van der Waals surface area contributed by atoms with Crippen molar-refractivity contribution < 1.29 is 14.7 Å². The van der Waals surface area contributed by atoms with Crippen LogP contribution in [0.1, 0.15) is 21.9 Å². The van der Waals surface area contributed by atoms with Crippen molar-refractivity contribution in [2.24, 2.45) is 0 Å². The number of hydrogen-bond donors (Lipinski definition) is 2. The van der Waals surface area contributed by atoms with Gasteiger partial charge in [-0.1, -0.05) is 0 Å². The van der Waals surface area contributed by atoms with Crippen molar-refractivity contribution in [3.05, 3.63) is 47.8 Å². The van der Waals surface area contributed by atoms with Gasteiger partial charge < -0.3 is 10.4 Å². The summed E-state index contributed by atoms with van der Waals surface area (Å²) in [6, 6.07) is 3.13. The molecule has 0 unspecified atom stereocenters. The molecule has 2 aromatic heterocycles. The van der Waals surface area contributed by atoms with E-state index in [2.05, 4.69) is 20.3 Å². The largest absolute Gasteiger partial charge is 0.481 e. The Labute approximate surface area is 114 Å². The molecule has 1 amide bonds. The van der Waals surface area contributed by atoms with Crippen LogP contribution in [0.2, 0.25) is 0 Å². The van der Waals surface area contributed by atoms with E-state index in [1.165, 1.54) is 18.6 Å². The van der Waals surface area contributed by atoms with E-state index in [-0.39, 0.29) is 12.1 Å². The lowest BCUT2D eigenvalue weighted by Crippen LogP contribution is -2.14. The monoisotopic (exact) mass is 272 g/mol. The predicted molar refractivity (Wildman–Crippen MR) is 70.3 cm³/mol. The van der Waals surface area contributed by atoms with E-state index >= 15 is 0 Å². The Hall–Kier alpha value is -2.83. The van der Waals surface area contributed by atoms with Crippen LogP contribution in [0.15, 0.2) is 30.7 Å². The maximum atomic E-state index is 11.9. The molecule has 0 saturated carbocycles. The fraction of sp³-hybridized carbons (Fsp3) is 0.154. The van der Waals surface area contributed by atoms with Gasteiger partial charge in [0, 0.05) is 6.20 Å². The first-order valence-corrected chi connectivity index (χ1v) is 5.81. The van der Waals surface area contributed by atoms with Crippen LogP contribution in [0.5, 0.6) is 0 Å². The summed E-state index contributed by atoms with van der Waals surface area (Å²) in [5.41, 5.74) is 1.81. The van der Waals surface area contributed by atoms with Crippen molar-refractivity contribution in [1.82, 2.24) is 15.0 Å². The van der Waals surface area contributed by atoms with Crippen molar-refractivity contribution in [1.29, 1.82) is 0 Å². The van der Waals surface area contributed by atoms with E-state index in [1.54, 1.807) is 19.1 Å². The standard InChI is InChI=1S/C13H12N4O3/c1-8-5-16-11(7-14-8)13(20)17-10-3-2-9(15-6-10)4-12(18)19/h2-3,5-7H,4H2,1H3,(H,17,20)(H,18,19). The third kappa shape index (κ3) is 3.58. The number of amides is 1. The van der Waals surface area contributed by atoms with Gasteiger partial charge in [0.15, 0.2) is 0 Å².